The molecule has 0 spiro atoms. The second-order valence-corrected chi connectivity index (χ2v) is 8.35. The number of hydrogen-bond acceptors (Lipinski definition) is 5. The molecule has 3 aromatic carbocycles. The summed E-state index contributed by atoms with van der Waals surface area (Å²) in [5.41, 5.74) is 5.78. The van der Waals surface area contributed by atoms with Gasteiger partial charge in [-0.2, -0.15) is 0 Å². The predicted molar refractivity (Wildman–Crippen MR) is 136 cm³/mol. The fourth-order valence-electron chi connectivity index (χ4n) is 4.41. The summed E-state index contributed by atoms with van der Waals surface area (Å²) in [4.78, 5) is 0. The third kappa shape index (κ3) is 5.27. The summed E-state index contributed by atoms with van der Waals surface area (Å²) in [6.07, 6.45) is 1.13. The molecule has 3 aromatic rings. The molecule has 2 unspecified atom stereocenters. The second kappa shape index (κ2) is 11.2. The minimum atomic E-state index is -0.563. The van der Waals surface area contributed by atoms with Crippen LogP contribution in [0.4, 0.5) is 0 Å². The fourth-order valence-corrected chi connectivity index (χ4v) is 4.41. The Hall–Kier alpha value is -3.28. The molecule has 0 radical (unpaired) electrons. The molecule has 1 aliphatic heterocycles. The van der Waals surface area contributed by atoms with Gasteiger partial charge in [-0.05, 0) is 72.0 Å². The van der Waals surface area contributed by atoms with Gasteiger partial charge in [0.2, 0.25) is 6.79 Å². The summed E-state index contributed by atoms with van der Waals surface area (Å²) in [6.45, 7) is 4.73. The molecule has 1 heterocycles. The van der Waals surface area contributed by atoms with Crippen LogP contribution in [-0.4, -0.2) is 37.7 Å². The first-order valence-electron chi connectivity index (χ1n) is 11.9. The number of fused-ring (bicyclic) bond motifs is 1. The van der Waals surface area contributed by atoms with E-state index < -0.39 is 6.10 Å². The van der Waals surface area contributed by atoms with Crippen molar-refractivity contribution >= 4 is 11.1 Å². The monoisotopic (exact) mass is 459 g/mol. The van der Waals surface area contributed by atoms with Crippen LogP contribution in [-0.2, 0) is 0 Å². The summed E-state index contributed by atoms with van der Waals surface area (Å²) in [5.74, 6) is 2.31. The van der Waals surface area contributed by atoms with Crippen molar-refractivity contribution in [3.05, 3.63) is 89.5 Å². The zero-order chi connectivity index (χ0) is 23.9. The van der Waals surface area contributed by atoms with E-state index in [-0.39, 0.29) is 19.4 Å². The van der Waals surface area contributed by atoms with Crippen molar-refractivity contribution in [1.29, 1.82) is 0 Å². The second-order valence-electron chi connectivity index (χ2n) is 8.35. The van der Waals surface area contributed by atoms with Gasteiger partial charge >= 0.3 is 0 Å². The van der Waals surface area contributed by atoms with Gasteiger partial charge in [0, 0.05) is 6.04 Å². The van der Waals surface area contributed by atoms with E-state index >= 15 is 0 Å². The molecule has 2 N–H and O–H groups in total. The molecule has 0 fully saturated rings. The summed E-state index contributed by atoms with van der Waals surface area (Å²) < 4.78 is 17.0. The first-order valence-corrected chi connectivity index (χ1v) is 11.9. The maximum Gasteiger partial charge on any atom is 0.231 e. The van der Waals surface area contributed by atoms with Crippen LogP contribution >= 0.6 is 0 Å². The Morgan fingerprint density at radius 3 is 2.26 bits per heavy atom. The molecule has 4 rings (SSSR count). The summed E-state index contributed by atoms with van der Waals surface area (Å²) in [5, 5.41) is 13.5. The lowest BCUT2D eigenvalue weighted by Crippen LogP contribution is -2.40. The van der Waals surface area contributed by atoms with Crippen LogP contribution in [0.2, 0.25) is 0 Å². The van der Waals surface area contributed by atoms with E-state index in [0.717, 1.165) is 46.8 Å². The van der Waals surface area contributed by atoms with Crippen LogP contribution in [0.3, 0.4) is 0 Å². The molecule has 0 bridgehead atoms. The van der Waals surface area contributed by atoms with Crippen molar-refractivity contribution < 1.29 is 19.3 Å². The number of nitrogens with one attached hydrogen (secondary N) is 1. The number of rotatable bonds is 10. The number of hydrogen-bond donors (Lipinski definition) is 2. The van der Waals surface area contributed by atoms with Gasteiger partial charge in [0.15, 0.2) is 11.5 Å². The van der Waals surface area contributed by atoms with Crippen molar-refractivity contribution in [1.82, 2.24) is 5.32 Å². The standard InChI is InChI=1S/C29H33NO4/c1-4-24(22-13-16-27-28(17-22)34-19-33-27)29(20-9-7-6-8-10-20)21-11-14-23(15-12-21)32-18-26(31)25(5-2)30-3/h6-17,25-26,30-31H,4-5,18-19H2,1-3H3. The highest BCUT2D eigenvalue weighted by molar-refractivity contribution is 5.98. The number of likely N-dealkylation sites (N-methyl/N-ethyl adjacent to an activating group) is 1. The van der Waals surface area contributed by atoms with E-state index in [4.69, 9.17) is 14.2 Å². The molecule has 0 amide bonds. The van der Waals surface area contributed by atoms with E-state index in [1.807, 2.05) is 38.2 Å². The van der Waals surface area contributed by atoms with Crippen LogP contribution in [0, 0.1) is 0 Å². The van der Waals surface area contributed by atoms with E-state index in [0.29, 0.717) is 0 Å². The van der Waals surface area contributed by atoms with Gasteiger partial charge in [0.05, 0.1) is 0 Å². The minimum absolute atomic E-state index is 0.0145. The quantitative estimate of drug-likeness (QED) is 0.391. The first kappa shape index (κ1) is 23.9. The molecule has 0 aliphatic carbocycles. The Labute approximate surface area is 202 Å². The molecule has 2 atom stereocenters. The highest BCUT2D eigenvalue weighted by atomic mass is 16.7. The Bertz CT molecular complexity index is 1100. The average Bonchev–Trinajstić information content (AvgIpc) is 3.36. The molecule has 0 saturated carbocycles. The third-order valence-electron chi connectivity index (χ3n) is 6.28. The van der Waals surface area contributed by atoms with Crippen LogP contribution in [0.1, 0.15) is 43.4 Å². The molecule has 0 aromatic heterocycles. The van der Waals surface area contributed by atoms with Crippen molar-refractivity contribution in [2.45, 2.75) is 38.8 Å². The number of allylic oxidation sites excluding steroid dienone is 1. The third-order valence-corrected chi connectivity index (χ3v) is 6.28. The zero-order valence-electron chi connectivity index (χ0n) is 20.1. The molecule has 34 heavy (non-hydrogen) atoms. The van der Waals surface area contributed by atoms with Crippen molar-refractivity contribution in [3.8, 4) is 17.2 Å². The number of benzene rings is 3. The van der Waals surface area contributed by atoms with Gasteiger partial charge in [-0.15, -0.1) is 0 Å². The van der Waals surface area contributed by atoms with Crippen LogP contribution in [0.15, 0.2) is 72.8 Å². The van der Waals surface area contributed by atoms with E-state index in [9.17, 15) is 5.11 Å². The molecule has 5 nitrogen and oxygen atoms in total. The highest BCUT2D eigenvalue weighted by Crippen LogP contribution is 2.39. The highest BCUT2D eigenvalue weighted by Gasteiger charge is 2.19. The minimum Gasteiger partial charge on any atom is -0.491 e. The maximum absolute atomic E-state index is 10.3. The molecule has 0 saturated heterocycles. The first-order chi connectivity index (χ1) is 16.6. The lowest BCUT2D eigenvalue weighted by Gasteiger charge is -2.21. The lowest BCUT2D eigenvalue weighted by molar-refractivity contribution is 0.0743. The molecular formula is C29H33NO4. The van der Waals surface area contributed by atoms with Gasteiger partial charge < -0.3 is 24.6 Å². The maximum atomic E-state index is 10.3. The van der Waals surface area contributed by atoms with Gasteiger partial charge in [-0.1, -0.05) is 62.4 Å². The Morgan fingerprint density at radius 1 is 0.912 bits per heavy atom. The molecule has 5 heteroatoms. The van der Waals surface area contributed by atoms with Gasteiger partial charge in [-0.25, -0.2) is 0 Å². The van der Waals surface area contributed by atoms with Crippen LogP contribution < -0.4 is 19.5 Å². The Kier molecular flexibility index (Phi) is 7.88. The van der Waals surface area contributed by atoms with E-state index in [2.05, 4.69) is 60.8 Å². The Balaban J connectivity index is 1.67. The van der Waals surface area contributed by atoms with Crippen molar-refractivity contribution in [2.75, 3.05) is 20.4 Å². The number of ether oxygens (including phenoxy) is 3. The van der Waals surface area contributed by atoms with Crippen LogP contribution in [0.25, 0.3) is 11.1 Å². The SMILES string of the molecule is CCC(=C(c1ccccc1)c1ccc(OCC(O)C(CC)NC)cc1)c1ccc2c(c1)OCO2. The fraction of sp³-hybridized carbons (Fsp3) is 0.310. The van der Waals surface area contributed by atoms with E-state index in [1.54, 1.807) is 0 Å². The molecule has 178 valence electrons. The van der Waals surface area contributed by atoms with E-state index in [1.165, 1.54) is 11.1 Å². The van der Waals surface area contributed by atoms with Crippen molar-refractivity contribution in [3.63, 3.8) is 0 Å². The normalized spacial score (nSPS) is 14.9. The van der Waals surface area contributed by atoms with Gasteiger partial charge in [0.25, 0.3) is 0 Å². The zero-order valence-corrected chi connectivity index (χ0v) is 20.1. The molecular weight excluding hydrogens is 426 g/mol. The number of aliphatic hydroxyl groups is 1. The number of aliphatic hydroxyl groups excluding tert-OH is 1. The largest absolute Gasteiger partial charge is 0.491 e. The topological polar surface area (TPSA) is 60.0 Å². The summed E-state index contributed by atoms with van der Waals surface area (Å²) >= 11 is 0. The predicted octanol–water partition coefficient (Wildman–Crippen LogP) is 5.52. The van der Waals surface area contributed by atoms with Crippen LogP contribution in [0.5, 0.6) is 17.2 Å². The average molecular weight is 460 g/mol. The molecule has 1 aliphatic rings. The Morgan fingerprint density at radius 2 is 1.59 bits per heavy atom. The van der Waals surface area contributed by atoms with Gasteiger partial charge in [-0.3, -0.25) is 0 Å². The van der Waals surface area contributed by atoms with Crippen molar-refractivity contribution in [2.24, 2.45) is 0 Å². The lowest BCUT2D eigenvalue weighted by atomic mass is 9.88. The smallest absolute Gasteiger partial charge is 0.231 e. The van der Waals surface area contributed by atoms with Gasteiger partial charge in [0.1, 0.15) is 18.5 Å². The summed E-state index contributed by atoms with van der Waals surface area (Å²) in [7, 11) is 1.86. The summed E-state index contributed by atoms with van der Waals surface area (Å²) in [6, 6.07) is 24.7.